The number of carbonyl (C=O) groups is 1. The molecule has 1 saturated heterocycles. The van der Waals surface area contributed by atoms with E-state index in [0.29, 0.717) is 13.0 Å². The number of aliphatic hydroxyl groups excluding tert-OH is 1. The summed E-state index contributed by atoms with van der Waals surface area (Å²) in [6.45, 7) is 11.2. The van der Waals surface area contributed by atoms with Crippen molar-refractivity contribution < 1.29 is 9.90 Å². The topological polar surface area (TPSA) is 55.8 Å². The Kier molecular flexibility index (Phi) is 6.66. The third kappa shape index (κ3) is 4.93. The van der Waals surface area contributed by atoms with Crippen molar-refractivity contribution in [1.82, 2.24) is 15.1 Å². The van der Waals surface area contributed by atoms with Crippen LogP contribution in [0.5, 0.6) is 0 Å². The Morgan fingerprint density at radius 2 is 1.91 bits per heavy atom. The van der Waals surface area contributed by atoms with Gasteiger partial charge in [0.15, 0.2) is 0 Å². The predicted molar refractivity (Wildman–Crippen MR) is 88.8 cm³/mol. The molecule has 0 bridgehead atoms. The minimum absolute atomic E-state index is 0.122. The molecule has 0 aromatic carbocycles. The molecule has 128 valence electrons. The molecule has 0 spiro atoms. The molecule has 1 amide bonds. The maximum absolute atomic E-state index is 12.1. The van der Waals surface area contributed by atoms with Gasteiger partial charge in [-0.1, -0.05) is 26.7 Å². The Morgan fingerprint density at radius 1 is 1.23 bits per heavy atom. The Hall–Kier alpha value is -0.650. The zero-order valence-electron chi connectivity index (χ0n) is 14.3. The van der Waals surface area contributed by atoms with Gasteiger partial charge in [-0.25, -0.2) is 0 Å². The number of rotatable bonds is 6. The van der Waals surface area contributed by atoms with Gasteiger partial charge >= 0.3 is 0 Å². The lowest BCUT2D eigenvalue weighted by Crippen LogP contribution is -2.48. The zero-order chi connectivity index (χ0) is 16.0. The summed E-state index contributed by atoms with van der Waals surface area (Å²) in [5.74, 6) is 0.122. The van der Waals surface area contributed by atoms with E-state index >= 15 is 0 Å². The lowest BCUT2D eigenvalue weighted by atomic mass is 9.73. The van der Waals surface area contributed by atoms with Gasteiger partial charge in [-0.3, -0.25) is 4.79 Å². The average Bonchev–Trinajstić information content (AvgIpc) is 2.54. The van der Waals surface area contributed by atoms with E-state index in [1.165, 1.54) is 0 Å². The molecule has 22 heavy (non-hydrogen) atoms. The molecule has 1 aliphatic heterocycles. The van der Waals surface area contributed by atoms with Crippen molar-refractivity contribution in [2.45, 2.75) is 52.1 Å². The largest absolute Gasteiger partial charge is 0.392 e. The molecule has 0 unspecified atom stereocenters. The Morgan fingerprint density at radius 3 is 2.55 bits per heavy atom. The Labute approximate surface area is 135 Å². The number of carbonyl (C=O) groups excluding carboxylic acids is 1. The second kappa shape index (κ2) is 8.27. The van der Waals surface area contributed by atoms with Crippen molar-refractivity contribution in [2.24, 2.45) is 5.41 Å². The zero-order valence-corrected chi connectivity index (χ0v) is 14.3. The molecule has 5 nitrogen and oxygen atoms in total. The summed E-state index contributed by atoms with van der Waals surface area (Å²) in [4.78, 5) is 16.9. The quantitative estimate of drug-likeness (QED) is 0.770. The second-order valence-corrected chi connectivity index (χ2v) is 7.22. The molecule has 2 rings (SSSR count). The van der Waals surface area contributed by atoms with Gasteiger partial charge in [-0.15, -0.1) is 0 Å². The molecule has 0 radical (unpaired) electrons. The molecule has 1 saturated carbocycles. The van der Waals surface area contributed by atoms with Crippen molar-refractivity contribution in [2.75, 3.05) is 45.8 Å². The lowest BCUT2D eigenvalue weighted by Gasteiger charge is -2.38. The van der Waals surface area contributed by atoms with Crippen LogP contribution in [0.15, 0.2) is 0 Å². The highest BCUT2D eigenvalue weighted by molar-refractivity contribution is 5.76. The van der Waals surface area contributed by atoms with E-state index < -0.39 is 0 Å². The molecule has 2 N–H and O–H groups in total. The van der Waals surface area contributed by atoms with E-state index in [1.54, 1.807) is 0 Å². The third-order valence-corrected chi connectivity index (χ3v) is 5.54. The molecule has 1 heterocycles. The fourth-order valence-electron chi connectivity index (χ4n) is 3.57. The van der Waals surface area contributed by atoms with E-state index in [-0.39, 0.29) is 17.4 Å². The van der Waals surface area contributed by atoms with Crippen LogP contribution in [0.3, 0.4) is 0 Å². The van der Waals surface area contributed by atoms with Crippen LogP contribution in [0, 0.1) is 5.41 Å². The normalized spacial score (nSPS) is 31.1. The summed E-state index contributed by atoms with van der Waals surface area (Å²) >= 11 is 0. The summed E-state index contributed by atoms with van der Waals surface area (Å²) in [5.41, 5.74) is -0.138. The molecule has 0 aromatic heterocycles. The summed E-state index contributed by atoms with van der Waals surface area (Å²) in [6, 6.07) is 0. The van der Waals surface area contributed by atoms with Crippen LogP contribution in [0.25, 0.3) is 0 Å². The van der Waals surface area contributed by atoms with Crippen LogP contribution in [-0.2, 0) is 4.79 Å². The summed E-state index contributed by atoms with van der Waals surface area (Å²) in [5, 5.41) is 13.2. The number of nitrogens with zero attached hydrogens (tertiary/aromatic N) is 2. The minimum Gasteiger partial charge on any atom is -0.392 e. The molecular formula is C17H33N3O2. The Balaban J connectivity index is 1.64. The van der Waals surface area contributed by atoms with Crippen molar-refractivity contribution in [3.8, 4) is 0 Å². The number of aliphatic hydroxyl groups is 1. The van der Waals surface area contributed by atoms with E-state index in [9.17, 15) is 9.90 Å². The highest BCUT2D eigenvalue weighted by Gasteiger charge is 2.35. The molecule has 2 atom stereocenters. The molecular weight excluding hydrogens is 278 g/mol. The van der Waals surface area contributed by atoms with Crippen molar-refractivity contribution in [3.05, 3.63) is 0 Å². The van der Waals surface area contributed by atoms with Crippen molar-refractivity contribution in [3.63, 3.8) is 0 Å². The summed E-state index contributed by atoms with van der Waals surface area (Å²) in [6.07, 6.45) is 4.43. The first kappa shape index (κ1) is 17.7. The van der Waals surface area contributed by atoms with Crippen LogP contribution in [0.4, 0.5) is 0 Å². The molecule has 2 aliphatic rings. The fraction of sp³-hybridized carbons (Fsp3) is 0.941. The van der Waals surface area contributed by atoms with Gasteiger partial charge in [0.1, 0.15) is 0 Å². The summed E-state index contributed by atoms with van der Waals surface area (Å²) < 4.78 is 0. The SMILES string of the molecule is CCN1CCN(CCC(=O)NC[C@@]2(C)CCCC[C@H]2O)CC1. The van der Waals surface area contributed by atoms with Crippen molar-refractivity contribution >= 4 is 5.91 Å². The van der Waals surface area contributed by atoms with Crippen LogP contribution in [-0.4, -0.2) is 72.7 Å². The van der Waals surface area contributed by atoms with Gasteiger partial charge in [0, 0.05) is 51.1 Å². The molecule has 2 fully saturated rings. The van der Waals surface area contributed by atoms with Gasteiger partial charge < -0.3 is 20.2 Å². The third-order valence-electron chi connectivity index (χ3n) is 5.54. The van der Waals surface area contributed by atoms with Gasteiger partial charge in [0.05, 0.1) is 6.10 Å². The standard InChI is InChI=1S/C17H33N3O2/c1-3-19-10-12-20(13-11-19)9-7-16(22)18-14-17(2)8-5-4-6-15(17)21/h15,21H,3-14H2,1-2H3,(H,18,22)/t15-,17-/m1/s1. The van der Waals surface area contributed by atoms with Crippen LogP contribution < -0.4 is 5.32 Å². The maximum atomic E-state index is 12.1. The summed E-state index contributed by atoms with van der Waals surface area (Å²) in [7, 11) is 0. The fourth-order valence-corrected chi connectivity index (χ4v) is 3.57. The van der Waals surface area contributed by atoms with Crippen LogP contribution in [0.2, 0.25) is 0 Å². The highest BCUT2D eigenvalue weighted by Crippen LogP contribution is 2.35. The van der Waals surface area contributed by atoms with Crippen LogP contribution in [0.1, 0.15) is 46.0 Å². The lowest BCUT2D eigenvalue weighted by molar-refractivity contribution is -0.122. The predicted octanol–water partition coefficient (Wildman–Crippen LogP) is 1.07. The van der Waals surface area contributed by atoms with Gasteiger partial charge in [0.25, 0.3) is 0 Å². The number of hydrogen-bond acceptors (Lipinski definition) is 4. The molecule has 1 aliphatic carbocycles. The number of piperazine rings is 1. The number of amides is 1. The smallest absolute Gasteiger partial charge is 0.221 e. The molecule has 5 heteroatoms. The van der Waals surface area contributed by atoms with E-state index in [0.717, 1.165) is 65.0 Å². The number of hydrogen-bond donors (Lipinski definition) is 2. The van der Waals surface area contributed by atoms with E-state index in [4.69, 9.17) is 0 Å². The maximum Gasteiger partial charge on any atom is 0.221 e. The van der Waals surface area contributed by atoms with Gasteiger partial charge in [-0.05, 0) is 19.4 Å². The second-order valence-electron chi connectivity index (χ2n) is 7.22. The van der Waals surface area contributed by atoms with Crippen molar-refractivity contribution in [1.29, 1.82) is 0 Å². The monoisotopic (exact) mass is 311 g/mol. The average molecular weight is 311 g/mol. The number of nitrogens with one attached hydrogen (secondary N) is 1. The van der Waals surface area contributed by atoms with E-state index in [2.05, 4.69) is 29.0 Å². The van der Waals surface area contributed by atoms with Crippen LogP contribution >= 0.6 is 0 Å². The first-order chi connectivity index (χ1) is 10.5. The highest BCUT2D eigenvalue weighted by atomic mass is 16.3. The van der Waals surface area contributed by atoms with E-state index in [1.807, 2.05) is 0 Å². The first-order valence-electron chi connectivity index (χ1n) is 8.93. The first-order valence-corrected chi connectivity index (χ1v) is 8.93. The molecule has 0 aromatic rings. The number of likely N-dealkylation sites (N-methyl/N-ethyl adjacent to an activating group) is 1. The minimum atomic E-state index is -0.274. The van der Waals surface area contributed by atoms with Gasteiger partial charge in [0.2, 0.25) is 5.91 Å². The van der Waals surface area contributed by atoms with Gasteiger partial charge in [-0.2, -0.15) is 0 Å². The Bertz CT molecular complexity index is 356.